The van der Waals surface area contributed by atoms with Gasteiger partial charge in [0.15, 0.2) is 4.33 Å². The molecule has 0 radical (unpaired) electrons. The van der Waals surface area contributed by atoms with Crippen molar-refractivity contribution < 1.29 is 27.1 Å². The lowest BCUT2D eigenvalue weighted by molar-refractivity contribution is -0.167. The fraction of sp³-hybridized carbons (Fsp3) is 0.917. The minimum atomic E-state index is -4.95. The third kappa shape index (κ3) is 5.46. The Morgan fingerprint density at radius 3 is 1.95 bits per heavy atom. The summed E-state index contributed by atoms with van der Waals surface area (Å²) in [5, 5.41) is -6.16. The molecule has 1 unspecified atom stereocenters. The van der Waals surface area contributed by atoms with Gasteiger partial charge in [-0.25, -0.2) is 0 Å². The summed E-state index contributed by atoms with van der Waals surface area (Å²) < 4.78 is 54.2. The Morgan fingerprint density at radius 2 is 1.59 bits per heavy atom. The SMILES string of the molecule is CCOC(=O)CC(C)(C)C(Cl)CC(Cl)(Cl)C(F)(F)C(F)(F)Cl. The highest BCUT2D eigenvalue weighted by atomic mass is 35.5. The van der Waals surface area contributed by atoms with E-state index in [1.807, 2.05) is 0 Å². The Morgan fingerprint density at radius 1 is 1.14 bits per heavy atom. The van der Waals surface area contributed by atoms with E-state index in [0.29, 0.717) is 0 Å². The highest BCUT2D eigenvalue weighted by Crippen LogP contribution is 2.54. The molecule has 0 rings (SSSR count). The van der Waals surface area contributed by atoms with Crippen molar-refractivity contribution >= 4 is 52.4 Å². The summed E-state index contributed by atoms with van der Waals surface area (Å²) in [6.45, 7) is 4.67. The van der Waals surface area contributed by atoms with Crippen molar-refractivity contribution in [3.63, 3.8) is 0 Å². The van der Waals surface area contributed by atoms with Gasteiger partial charge in [0.25, 0.3) is 0 Å². The van der Waals surface area contributed by atoms with E-state index >= 15 is 0 Å². The maximum Gasteiger partial charge on any atom is 0.387 e. The van der Waals surface area contributed by atoms with Gasteiger partial charge >= 0.3 is 17.3 Å². The van der Waals surface area contributed by atoms with Crippen LogP contribution in [0.4, 0.5) is 17.6 Å². The topological polar surface area (TPSA) is 26.3 Å². The summed E-state index contributed by atoms with van der Waals surface area (Å²) in [5.41, 5.74) is -1.07. The molecule has 0 amide bonds. The molecule has 0 saturated carbocycles. The van der Waals surface area contributed by atoms with E-state index in [1.165, 1.54) is 13.8 Å². The molecule has 0 aliphatic heterocycles. The van der Waals surface area contributed by atoms with Crippen LogP contribution in [0.1, 0.15) is 33.6 Å². The molecule has 0 aliphatic carbocycles. The number of hydrogen-bond acceptors (Lipinski definition) is 2. The van der Waals surface area contributed by atoms with Gasteiger partial charge in [-0.15, -0.1) is 11.6 Å². The van der Waals surface area contributed by atoms with E-state index in [9.17, 15) is 22.4 Å². The first-order valence-electron chi connectivity index (χ1n) is 6.20. The van der Waals surface area contributed by atoms with Crippen molar-refractivity contribution in [2.24, 2.45) is 5.41 Å². The monoisotopic (exact) mass is 408 g/mol. The Kier molecular flexibility index (Phi) is 7.61. The van der Waals surface area contributed by atoms with Crippen molar-refractivity contribution in [1.82, 2.24) is 0 Å². The fourth-order valence-corrected chi connectivity index (χ4v) is 2.80. The van der Waals surface area contributed by atoms with Gasteiger partial charge < -0.3 is 4.74 Å². The zero-order valence-corrected chi connectivity index (χ0v) is 15.1. The molecule has 132 valence electrons. The lowest BCUT2D eigenvalue weighted by Gasteiger charge is -2.37. The standard InChI is InChI=1S/C12H16Cl4F4O2/c1-4-22-8(21)6-9(2,3)7(13)5-10(14,15)11(17,18)12(16,19)20/h7H,4-6H2,1-3H3. The van der Waals surface area contributed by atoms with Crippen LogP contribution in [0, 0.1) is 5.41 Å². The molecule has 10 heteroatoms. The van der Waals surface area contributed by atoms with Crippen LogP contribution in [0.5, 0.6) is 0 Å². The van der Waals surface area contributed by atoms with Gasteiger partial charge in [0.1, 0.15) is 0 Å². The summed E-state index contributed by atoms with van der Waals surface area (Å²) in [5.74, 6) is -5.53. The summed E-state index contributed by atoms with van der Waals surface area (Å²) >= 11 is 21.0. The molecule has 0 aromatic rings. The lowest BCUT2D eigenvalue weighted by atomic mass is 9.82. The van der Waals surface area contributed by atoms with E-state index in [4.69, 9.17) is 39.5 Å². The molecule has 0 spiro atoms. The van der Waals surface area contributed by atoms with E-state index in [1.54, 1.807) is 6.92 Å². The minimum absolute atomic E-state index is 0.132. The Labute approximate surface area is 146 Å². The molecule has 1 atom stereocenters. The molecule has 0 saturated heterocycles. The van der Waals surface area contributed by atoms with E-state index in [0.717, 1.165) is 0 Å². The number of halogens is 8. The van der Waals surface area contributed by atoms with Crippen LogP contribution in [0.2, 0.25) is 0 Å². The van der Waals surface area contributed by atoms with Crippen molar-refractivity contribution in [3.05, 3.63) is 0 Å². The van der Waals surface area contributed by atoms with Gasteiger partial charge in [-0.05, 0) is 23.9 Å². The molecular formula is C12H16Cl4F4O2. The first kappa shape index (κ1) is 22.4. The van der Waals surface area contributed by atoms with E-state index in [-0.39, 0.29) is 13.0 Å². The van der Waals surface area contributed by atoms with Gasteiger partial charge in [-0.1, -0.05) is 37.0 Å². The first-order valence-corrected chi connectivity index (χ1v) is 7.77. The van der Waals surface area contributed by atoms with Gasteiger partial charge in [0, 0.05) is 11.8 Å². The number of esters is 1. The average molecular weight is 410 g/mol. The molecule has 0 heterocycles. The van der Waals surface area contributed by atoms with Crippen LogP contribution >= 0.6 is 46.4 Å². The van der Waals surface area contributed by atoms with Crippen LogP contribution in [0.3, 0.4) is 0 Å². The lowest BCUT2D eigenvalue weighted by Crippen LogP contribution is -2.52. The largest absolute Gasteiger partial charge is 0.466 e. The predicted molar refractivity (Wildman–Crippen MR) is 79.5 cm³/mol. The minimum Gasteiger partial charge on any atom is -0.466 e. The van der Waals surface area contributed by atoms with Gasteiger partial charge in [-0.3, -0.25) is 4.79 Å². The number of rotatable bonds is 8. The number of carbonyl (C=O) groups is 1. The summed E-state index contributed by atoms with van der Waals surface area (Å²) in [6.07, 6.45) is -1.14. The maximum atomic E-state index is 13.5. The van der Waals surface area contributed by atoms with Crippen molar-refractivity contribution in [2.45, 2.75) is 54.6 Å². The number of alkyl halides is 8. The molecule has 0 bridgehead atoms. The zero-order chi connectivity index (χ0) is 18.0. The smallest absolute Gasteiger partial charge is 0.387 e. The molecule has 0 N–H and O–H groups in total. The first-order chi connectivity index (χ1) is 9.58. The number of hydrogen-bond donors (Lipinski definition) is 0. The van der Waals surface area contributed by atoms with Crippen LogP contribution in [-0.4, -0.2) is 33.6 Å². The predicted octanol–water partition coefficient (Wildman–Crippen LogP) is 5.60. The third-order valence-electron chi connectivity index (χ3n) is 3.00. The highest BCUT2D eigenvalue weighted by molar-refractivity contribution is 6.50. The molecule has 0 aromatic heterocycles. The summed E-state index contributed by atoms with van der Waals surface area (Å²) in [6, 6.07) is 0. The van der Waals surface area contributed by atoms with Crippen LogP contribution in [0.15, 0.2) is 0 Å². The summed E-state index contributed by atoms with van der Waals surface area (Å²) in [4.78, 5) is 11.4. The second kappa shape index (κ2) is 7.49. The van der Waals surface area contributed by atoms with Crippen molar-refractivity contribution in [3.8, 4) is 0 Å². The van der Waals surface area contributed by atoms with Gasteiger partial charge in [-0.2, -0.15) is 17.6 Å². The van der Waals surface area contributed by atoms with E-state index < -0.39 is 38.8 Å². The Balaban J connectivity index is 5.09. The van der Waals surface area contributed by atoms with Crippen LogP contribution in [-0.2, 0) is 9.53 Å². The quantitative estimate of drug-likeness (QED) is 0.296. The third-order valence-corrected chi connectivity index (χ3v) is 4.77. The molecule has 2 nitrogen and oxygen atoms in total. The van der Waals surface area contributed by atoms with Gasteiger partial charge in [0.2, 0.25) is 0 Å². The van der Waals surface area contributed by atoms with Crippen molar-refractivity contribution in [1.29, 1.82) is 0 Å². The highest BCUT2D eigenvalue weighted by Gasteiger charge is 2.68. The second-order valence-corrected chi connectivity index (χ2v) is 7.90. The van der Waals surface area contributed by atoms with E-state index in [2.05, 4.69) is 11.6 Å². The Bertz CT molecular complexity index is 397. The maximum absolute atomic E-state index is 13.5. The number of carbonyl (C=O) groups excluding carboxylic acids is 1. The zero-order valence-electron chi connectivity index (χ0n) is 12.0. The molecule has 22 heavy (non-hydrogen) atoms. The summed E-state index contributed by atoms with van der Waals surface area (Å²) in [7, 11) is 0. The average Bonchev–Trinajstić information content (AvgIpc) is 2.25. The molecular weight excluding hydrogens is 394 g/mol. The van der Waals surface area contributed by atoms with Crippen LogP contribution < -0.4 is 0 Å². The van der Waals surface area contributed by atoms with Crippen molar-refractivity contribution in [2.75, 3.05) is 6.61 Å². The van der Waals surface area contributed by atoms with Crippen LogP contribution in [0.25, 0.3) is 0 Å². The normalized spacial score (nSPS) is 15.6. The Hall–Kier alpha value is 0.350. The molecule has 0 fully saturated rings. The fourth-order valence-electron chi connectivity index (χ4n) is 1.53. The number of ether oxygens (including phenoxy) is 1. The second-order valence-electron chi connectivity index (χ2n) is 5.42. The molecule has 0 aliphatic rings. The van der Waals surface area contributed by atoms with Gasteiger partial charge in [0.05, 0.1) is 13.0 Å². The molecule has 0 aromatic carbocycles.